The zero-order valence-corrected chi connectivity index (χ0v) is 13.5. The van der Waals surface area contributed by atoms with E-state index in [9.17, 15) is 13.2 Å². The molecule has 1 aromatic rings. The monoisotopic (exact) mass is 334 g/mol. The molecule has 0 fully saturated rings. The van der Waals surface area contributed by atoms with Crippen LogP contribution in [0, 0.1) is 0 Å². The Labute approximate surface area is 129 Å². The van der Waals surface area contributed by atoms with Gasteiger partial charge in [-0.1, -0.05) is 17.7 Å². The minimum absolute atomic E-state index is 0.0143. The molecule has 0 aromatic heterocycles. The van der Waals surface area contributed by atoms with Crippen LogP contribution < -0.4 is 10.0 Å². The zero-order valence-electron chi connectivity index (χ0n) is 11.9. The SMILES string of the molecule is COCC(C)NC(=O)CCNS(=O)(=O)c1cccc(Cl)c1. The van der Waals surface area contributed by atoms with Crippen molar-refractivity contribution in [1.82, 2.24) is 10.0 Å². The highest BCUT2D eigenvalue weighted by Crippen LogP contribution is 2.14. The summed E-state index contributed by atoms with van der Waals surface area (Å²) in [5, 5.41) is 3.03. The summed E-state index contributed by atoms with van der Waals surface area (Å²) in [6.45, 7) is 2.22. The summed E-state index contributed by atoms with van der Waals surface area (Å²) in [4.78, 5) is 11.7. The molecular weight excluding hydrogens is 316 g/mol. The molecule has 0 aliphatic rings. The normalized spacial score (nSPS) is 12.9. The maximum Gasteiger partial charge on any atom is 0.240 e. The van der Waals surface area contributed by atoms with Crippen LogP contribution in [0.3, 0.4) is 0 Å². The van der Waals surface area contributed by atoms with Gasteiger partial charge in [-0.2, -0.15) is 0 Å². The fraction of sp³-hybridized carbons (Fsp3) is 0.462. The molecule has 0 bridgehead atoms. The van der Waals surface area contributed by atoms with Crippen LogP contribution >= 0.6 is 11.6 Å². The fourth-order valence-electron chi connectivity index (χ4n) is 1.66. The van der Waals surface area contributed by atoms with Crippen molar-refractivity contribution in [2.45, 2.75) is 24.3 Å². The number of halogens is 1. The minimum Gasteiger partial charge on any atom is -0.383 e. The van der Waals surface area contributed by atoms with Crippen molar-refractivity contribution in [3.63, 3.8) is 0 Å². The largest absolute Gasteiger partial charge is 0.383 e. The number of methoxy groups -OCH3 is 1. The summed E-state index contributed by atoms with van der Waals surface area (Å²) < 4.78 is 31.2. The van der Waals surface area contributed by atoms with Gasteiger partial charge >= 0.3 is 0 Å². The first-order valence-corrected chi connectivity index (χ1v) is 8.25. The Balaban J connectivity index is 2.46. The van der Waals surface area contributed by atoms with E-state index in [1.54, 1.807) is 26.2 Å². The van der Waals surface area contributed by atoms with Crippen LogP contribution in [0.25, 0.3) is 0 Å². The standard InChI is InChI=1S/C13H19ClN2O4S/c1-10(9-20-2)16-13(17)6-7-15-21(18,19)12-5-3-4-11(14)8-12/h3-5,8,10,15H,6-7,9H2,1-2H3,(H,16,17). The summed E-state index contributed by atoms with van der Waals surface area (Å²) in [5.41, 5.74) is 0. The highest BCUT2D eigenvalue weighted by Gasteiger charge is 2.15. The summed E-state index contributed by atoms with van der Waals surface area (Å²) in [7, 11) is -2.11. The predicted octanol–water partition coefficient (Wildman–Crippen LogP) is 1.16. The molecule has 8 heteroatoms. The van der Waals surface area contributed by atoms with Crippen LogP contribution in [-0.2, 0) is 19.6 Å². The van der Waals surface area contributed by atoms with Gasteiger partial charge in [-0.25, -0.2) is 13.1 Å². The maximum atomic E-state index is 12.0. The molecule has 0 heterocycles. The van der Waals surface area contributed by atoms with Gasteiger partial charge in [0.2, 0.25) is 15.9 Å². The van der Waals surface area contributed by atoms with Crippen LogP contribution in [0.5, 0.6) is 0 Å². The van der Waals surface area contributed by atoms with Gasteiger partial charge in [-0.05, 0) is 25.1 Å². The first kappa shape index (κ1) is 17.9. The number of hydrogen-bond donors (Lipinski definition) is 2. The van der Waals surface area contributed by atoms with E-state index in [2.05, 4.69) is 10.0 Å². The van der Waals surface area contributed by atoms with Crippen LogP contribution in [0.4, 0.5) is 0 Å². The lowest BCUT2D eigenvalue weighted by Gasteiger charge is -2.13. The van der Waals surface area contributed by atoms with Crippen LogP contribution in [0.2, 0.25) is 5.02 Å². The highest BCUT2D eigenvalue weighted by molar-refractivity contribution is 7.89. The van der Waals surface area contributed by atoms with E-state index in [4.69, 9.17) is 16.3 Å². The van der Waals surface area contributed by atoms with E-state index in [0.29, 0.717) is 11.6 Å². The average molecular weight is 335 g/mol. The van der Waals surface area contributed by atoms with Gasteiger partial charge in [0.15, 0.2) is 0 Å². The number of hydrogen-bond acceptors (Lipinski definition) is 4. The molecule has 118 valence electrons. The van der Waals surface area contributed by atoms with E-state index in [1.165, 1.54) is 12.1 Å². The molecule has 0 saturated carbocycles. The van der Waals surface area contributed by atoms with Crippen LogP contribution in [-0.4, -0.2) is 40.6 Å². The maximum absolute atomic E-state index is 12.0. The Morgan fingerprint density at radius 2 is 2.14 bits per heavy atom. The van der Waals surface area contributed by atoms with Gasteiger partial charge in [-0.3, -0.25) is 4.79 Å². The van der Waals surface area contributed by atoms with Crippen molar-refractivity contribution >= 4 is 27.5 Å². The Morgan fingerprint density at radius 1 is 1.43 bits per heavy atom. The number of carbonyl (C=O) groups excluding carboxylic acids is 1. The van der Waals surface area contributed by atoms with E-state index in [0.717, 1.165) is 0 Å². The van der Waals surface area contributed by atoms with Gasteiger partial charge in [0.1, 0.15) is 0 Å². The predicted molar refractivity (Wildman–Crippen MR) is 80.7 cm³/mol. The Morgan fingerprint density at radius 3 is 2.76 bits per heavy atom. The first-order chi connectivity index (χ1) is 9.85. The highest BCUT2D eigenvalue weighted by atomic mass is 35.5. The smallest absolute Gasteiger partial charge is 0.240 e. The third kappa shape index (κ3) is 6.43. The lowest BCUT2D eigenvalue weighted by molar-refractivity contribution is -0.121. The lowest BCUT2D eigenvalue weighted by Crippen LogP contribution is -2.37. The second-order valence-electron chi connectivity index (χ2n) is 4.53. The van der Waals surface area contributed by atoms with Crippen molar-refractivity contribution < 1.29 is 17.9 Å². The topological polar surface area (TPSA) is 84.5 Å². The number of sulfonamides is 1. The van der Waals surface area contributed by atoms with Gasteiger partial charge in [-0.15, -0.1) is 0 Å². The molecular formula is C13H19ClN2O4S. The number of carbonyl (C=O) groups is 1. The molecule has 6 nitrogen and oxygen atoms in total. The summed E-state index contributed by atoms with van der Waals surface area (Å²) >= 11 is 5.75. The molecule has 0 aliphatic carbocycles. The van der Waals surface area contributed by atoms with Gasteiger partial charge in [0, 0.05) is 31.1 Å². The molecule has 0 aliphatic heterocycles. The summed E-state index contributed by atoms with van der Waals surface area (Å²) in [6.07, 6.45) is 0.0495. The number of amides is 1. The van der Waals surface area contributed by atoms with Crippen molar-refractivity contribution in [3.8, 4) is 0 Å². The number of benzene rings is 1. The van der Waals surface area contributed by atoms with Crippen LogP contribution in [0.1, 0.15) is 13.3 Å². The Bertz CT molecular complexity index is 577. The second-order valence-corrected chi connectivity index (χ2v) is 6.73. The average Bonchev–Trinajstić information content (AvgIpc) is 2.38. The van der Waals surface area contributed by atoms with E-state index >= 15 is 0 Å². The second kappa shape index (κ2) is 8.33. The third-order valence-electron chi connectivity index (χ3n) is 2.57. The van der Waals surface area contributed by atoms with E-state index < -0.39 is 10.0 Å². The molecule has 1 unspecified atom stereocenters. The zero-order chi connectivity index (χ0) is 15.9. The molecule has 1 aromatic carbocycles. The van der Waals surface area contributed by atoms with Crippen LogP contribution in [0.15, 0.2) is 29.2 Å². The quantitative estimate of drug-likeness (QED) is 0.747. The molecule has 1 amide bonds. The van der Waals surface area contributed by atoms with Crippen molar-refractivity contribution in [3.05, 3.63) is 29.3 Å². The number of ether oxygens (including phenoxy) is 1. The molecule has 0 radical (unpaired) electrons. The molecule has 0 saturated heterocycles. The Kier molecular flexibility index (Phi) is 7.10. The molecule has 1 rings (SSSR count). The van der Waals surface area contributed by atoms with Crippen molar-refractivity contribution in [1.29, 1.82) is 0 Å². The van der Waals surface area contributed by atoms with Gasteiger partial charge < -0.3 is 10.1 Å². The third-order valence-corrected chi connectivity index (χ3v) is 4.27. The minimum atomic E-state index is -3.66. The number of rotatable bonds is 8. The molecule has 21 heavy (non-hydrogen) atoms. The fourth-order valence-corrected chi connectivity index (χ4v) is 2.99. The lowest BCUT2D eigenvalue weighted by atomic mass is 10.3. The molecule has 2 N–H and O–H groups in total. The number of nitrogens with one attached hydrogen (secondary N) is 2. The van der Waals surface area contributed by atoms with Crippen molar-refractivity contribution in [2.24, 2.45) is 0 Å². The summed E-state index contributed by atoms with van der Waals surface area (Å²) in [5.74, 6) is -0.242. The van der Waals surface area contributed by atoms with Gasteiger partial charge in [0.05, 0.1) is 11.5 Å². The van der Waals surface area contributed by atoms with Gasteiger partial charge in [0.25, 0.3) is 0 Å². The molecule has 1 atom stereocenters. The Hall–Kier alpha value is -1.15. The van der Waals surface area contributed by atoms with E-state index in [1.807, 2.05) is 0 Å². The molecule has 0 spiro atoms. The van der Waals surface area contributed by atoms with E-state index in [-0.39, 0.29) is 29.8 Å². The summed E-state index contributed by atoms with van der Waals surface area (Å²) in [6, 6.07) is 5.81. The first-order valence-electron chi connectivity index (χ1n) is 6.38. The van der Waals surface area contributed by atoms with Crippen molar-refractivity contribution in [2.75, 3.05) is 20.3 Å².